The molecule has 16 heavy (non-hydrogen) atoms. The first-order chi connectivity index (χ1) is 7.60. The lowest BCUT2D eigenvalue weighted by molar-refractivity contribution is -0.127. The minimum atomic E-state index is 0.0622. The second-order valence-corrected chi connectivity index (χ2v) is 5.37. The van der Waals surface area contributed by atoms with E-state index >= 15 is 0 Å². The van der Waals surface area contributed by atoms with Crippen LogP contribution in [0, 0.1) is 11.8 Å². The van der Waals surface area contributed by atoms with Gasteiger partial charge >= 0.3 is 0 Å². The van der Waals surface area contributed by atoms with Crippen LogP contribution in [0.15, 0.2) is 0 Å². The summed E-state index contributed by atoms with van der Waals surface area (Å²) >= 11 is 0. The van der Waals surface area contributed by atoms with Crippen LogP contribution in [0.3, 0.4) is 0 Å². The van der Waals surface area contributed by atoms with Crippen molar-refractivity contribution >= 4 is 5.91 Å². The van der Waals surface area contributed by atoms with E-state index in [1.807, 2.05) is 0 Å². The third kappa shape index (κ3) is 2.38. The van der Waals surface area contributed by atoms with Gasteiger partial charge < -0.3 is 10.1 Å². The van der Waals surface area contributed by atoms with Gasteiger partial charge in [0.1, 0.15) is 0 Å². The molecule has 3 atom stereocenters. The first-order valence-corrected chi connectivity index (χ1v) is 6.19. The lowest BCUT2D eigenvalue weighted by Gasteiger charge is -2.33. The lowest BCUT2D eigenvalue weighted by Crippen LogP contribution is -2.46. The third-order valence-electron chi connectivity index (χ3n) is 3.44. The average molecular weight is 226 g/mol. The molecule has 4 heteroatoms. The predicted molar refractivity (Wildman–Crippen MR) is 62.1 cm³/mol. The molecule has 92 valence electrons. The van der Waals surface area contributed by atoms with Crippen LogP contribution in [0.2, 0.25) is 0 Å². The zero-order valence-electron chi connectivity index (χ0n) is 10.4. The Morgan fingerprint density at radius 1 is 1.50 bits per heavy atom. The Morgan fingerprint density at radius 2 is 2.25 bits per heavy atom. The molecule has 1 N–H and O–H groups in total. The number of hydrogen-bond acceptors (Lipinski definition) is 3. The lowest BCUT2D eigenvalue weighted by atomic mass is 10.00. The Labute approximate surface area is 97.3 Å². The molecule has 0 spiro atoms. The quantitative estimate of drug-likeness (QED) is 0.761. The Hall–Kier alpha value is -0.610. The van der Waals surface area contributed by atoms with Crippen molar-refractivity contribution in [3.63, 3.8) is 0 Å². The number of ether oxygens (including phenoxy) is 1. The molecular formula is C12H22N2O2. The summed E-state index contributed by atoms with van der Waals surface area (Å²) < 4.78 is 5.84. The molecule has 2 fully saturated rings. The van der Waals surface area contributed by atoms with Gasteiger partial charge in [-0.15, -0.1) is 0 Å². The zero-order chi connectivity index (χ0) is 11.7. The zero-order valence-corrected chi connectivity index (χ0v) is 10.4. The highest BCUT2D eigenvalue weighted by atomic mass is 16.5. The van der Waals surface area contributed by atoms with Crippen molar-refractivity contribution < 1.29 is 9.53 Å². The van der Waals surface area contributed by atoms with Gasteiger partial charge in [0.25, 0.3) is 0 Å². The number of nitrogens with one attached hydrogen (secondary N) is 1. The van der Waals surface area contributed by atoms with Crippen LogP contribution in [0.4, 0.5) is 0 Å². The van der Waals surface area contributed by atoms with E-state index in [0.717, 1.165) is 26.1 Å². The maximum absolute atomic E-state index is 11.7. The molecule has 0 aromatic carbocycles. The van der Waals surface area contributed by atoms with Crippen molar-refractivity contribution in [3.05, 3.63) is 0 Å². The topological polar surface area (TPSA) is 41.6 Å². The number of hydrogen-bond donors (Lipinski definition) is 1. The van der Waals surface area contributed by atoms with Crippen LogP contribution in [0.5, 0.6) is 0 Å². The van der Waals surface area contributed by atoms with E-state index < -0.39 is 0 Å². The first kappa shape index (κ1) is 11.9. The minimum Gasteiger partial charge on any atom is -0.371 e. The first-order valence-electron chi connectivity index (χ1n) is 6.19. The fraction of sp³-hybridized carbons (Fsp3) is 0.917. The molecule has 2 saturated heterocycles. The summed E-state index contributed by atoms with van der Waals surface area (Å²) in [6.07, 6.45) is 1.26. The van der Waals surface area contributed by atoms with E-state index in [-0.39, 0.29) is 24.0 Å². The number of nitrogens with zero attached hydrogens (tertiary/aromatic N) is 1. The van der Waals surface area contributed by atoms with Gasteiger partial charge in [-0.3, -0.25) is 9.69 Å². The van der Waals surface area contributed by atoms with Gasteiger partial charge in [0.05, 0.1) is 18.1 Å². The van der Waals surface area contributed by atoms with Gasteiger partial charge in [-0.1, -0.05) is 13.8 Å². The molecule has 0 unspecified atom stereocenters. The number of carbonyl (C=O) groups excluding carboxylic acids is 1. The van der Waals surface area contributed by atoms with Gasteiger partial charge in [0.2, 0.25) is 5.91 Å². The molecule has 0 aromatic rings. The summed E-state index contributed by atoms with van der Waals surface area (Å²) in [5, 5.41) is 2.74. The summed E-state index contributed by atoms with van der Waals surface area (Å²) in [4.78, 5) is 14.1. The van der Waals surface area contributed by atoms with Crippen LogP contribution < -0.4 is 5.32 Å². The monoisotopic (exact) mass is 226 g/mol. The van der Waals surface area contributed by atoms with E-state index in [1.165, 1.54) is 0 Å². The van der Waals surface area contributed by atoms with Crippen molar-refractivity contribution in [2.75, 3.05) is 26.7 Å². The average Bonchev–Trinajstić information content (AvgIpc) is 2.52. The van der Waals surface area contributed by atoms with Crippen molar-refractivity contribution in [2.24, 2.45) is 11.8 Å². The summed E-state index contributed by atoms with van der Waals surface area (Å²) in [5.74, 6) is 0.877. The summed E-state index contributed by atoms with van der Waals surface area (Å²) in [6, 6.07) is 0. The predicted octanol–water partition coefficient (Wildman–Crippen LogP) is 0.478. The summed E-state index contributed by atoms with van der Waals surface area (Å²) in [6.45, 7) is 7.47. The van der Waals surface area contributed by atoms with Gasteiger partial charge in [0.15, 0.2) is 0 Å². The largest absolute Gasteiger partial charge is 0.371 e. The summed E-state index contributed by atoms with van der Waals surface area (Å²) in [7, 11) is 1.70. The Balaban J connectivity index is 1.95. The second kappa shape index (κ2) is 4.72. The van der Waals surface area contributed by atoms with Gasteiger partial charge in [-0.2, -0.15) is 0 Å². The van der Waals surface area contributed by atoms with Crippen molar-refractivity contribution in [1.29, 1.82) is 0 Å². The number of rotatable bonds is 3. The Morgan fingerprint density at radius 3 is 2.88 bits per heavy atom. The minimum absolute atomic E-state index is 0.0622. The molecular weight excluding hydrogens is 204 g/mol. The number of fused-ring (bicyclic) bond motifs is 2. The van der Waals surface area contributed by atoms with E-state index in [4.69, 9.17) is 4.74 Å². The molecule has 2 rings (SSSR count). The maximum atomic E-state index is 11.7. The van der Waals surface area contributed by atoms with Crippen molar-refractivity contribution in [2.45, 2.75) is 32.5 Å². The molecule has 4 nitrogen and oxygen atoms in total. The fourth-order valence-corrected chi connectivity index (χ4v) is 2.86. The SMILES string of the molecule is CNC(=O)[C@H]1C[C@H]2CN(CC(C)C)C[C@H]1O2. The number of amides is 1. The molecule has 0 radical (unpaired) electrons. The van der Waals surface area contributed by atoms with Gasteiger partial charge in [0, 0.05) is 26.7 Å². The normalized spacial score (nSPS) is 34.4. The Kier molecular flexibility index (Phi) is 3.50. The Bertz CT molecular complexity index is 268. The fourth-order valence-electron chi connectivity index (χ4n) is 2.86. The molecule has 0 aliphatic carbocycles. The van der Waals surface area contributed by atoms with Crippen molar-refractivity contribution in [1.82, 2.24) is 10.2 Å². The highest BCUT2D eigenvalue weighted by Gasteiger charge is 2.44. The van der Waals surface area contributed by atoms with Crippen LogP contribution in [-0.2, 0) is 9.53 Å². The van der Waals surface area contributed by atoms with Crippen LogP contribution in [0.25, 0.3) is 0 Å². The molecule has 2 aliphatic heterocycles. The van der Waals surface area contributed by atoms with E-state index in [1.54, 1.807) is 7.05 Å². The van der Waals surface area contributed by atoms with E-state index in [9.17, 15) is 4.79 Å². The van der Waals surface area contributed by atoms with Crippen molar-refractivity contribution in [3.8, 4) is 0 Å². The molecule has 2 heterocycles. The van der Waals surface area contributed by atoms with Crippen LogP contribution >= 0.6 is 0 Å². The molecule has 1 amide bonds. The van der Waals surface area contributed by atoms with E-state index in [2.05, 4.69) is 24.1 Å². The van der Waals surface area contributed by atoms with Crippen LogP contribution in [0.1, 0.15) is 20.3 Å². The number of carbonyl (C=O) groups is 1. The molecule has 0 aromatic heterocycles. The van der Waals surface area contributed by atoms with Crippen LogP contribution in [-0.4, -0.2) is 49.7 Å². The van der Waals surface area contributed by atoms with E-state index in [0.29, 0.717) is 5.92 Å². The summed E-state index contributed by atoms with van der Waals surface area (Å²) in [5.41, 5.74) is 0. The van der Waals surface area contributed by atoms with Gasteiger partial charge in [-0.25, -0.2) is 0 Å². The standard InChI is InChI=1S/C12H22N2O2/c1-8(2)5-14-6-9-4-10(12(15)13-3)11(7-14)16-9/h8-11H,4-7H2,1-3H3,(H,13,15)/t9-,10-,11+/m0/s1. The smallest absolute Gasteiger partial charge is 0.225 e. The second-order valence-electron chi connectivity index (χ2n) is 5.37. The number of likely N-dealkylation sites (tertiary alicyclic amines) is 1. The highest BCUT2D eigenvalue weighted by Crippen LogP contribution is 2.32. The number of morpholine rings is 1. The maximum Gasteiger partial charge on any atom is 0.225 e. The molecule has 2 bridgehead atoms. The van der Waals surface area contributed by atoms with Gasteiger partial charge in [-0.05, 0) is 12.3 Å². The molecule has 2 aliphatic rings. The third-order valence-corrected chi connectivity index (χ3v) is 3.44. The highest BCUT2D eigenvalue weighted by molar-refractivity contribution is 5.79. The molecule has 0 saturated carbocycles.